The van der Waals surface area contributed by atoms with Gasteiger partial charge in [0.2, 0.25) is 5.91 Å². The Morgan fingerprint density at radius 1 is 1.24 bits per heavy atom. The van der Waals surface area contributed by atoms with Gasteiger partial charge in [-0.2, -0.15) is 10.2 Å². The normalized spacial score (nSPS) is 13.8. The zero-order valence-corrected chi connectivity index (χ0v) is 15.9. The summed E-state index contributed by atoms with van der Waals surface area (Å²) in [6, 6.07) is 7.30. The van der Waals surface area contributed by atoms with E-state index in [0.29, 0.717) is 12.2 Å². The number of carbonyl (C=O) groups is 1. The van der Waals surface area contributed by atoms with Crippen LogP contribution < -0.4 is 5.32 Å². The van der Waals surface area contributed by atoms with Crippen molar-refractivity contribution in [2.45, 2.75) is 38.3 Å². The third-order valence-corrected chi connectivity index (χ3v) is 4.85. The van der Waals surface area contributed by atoms with Crippen molar-refractivity contribution < 1.29 is 18.0 Å². The van der Waals surface area contributed by atoms with Crippen LogP contribution in [0.5, 0.6) is 0 Å². The van der Waals surface area contributed by atoms with Gasteiger partial charge in [0.1, 0.15) is 23.1 Å². The van der Waals surface area contributed by atoms with Gasteiger partial charge in [0.25, 0.3) is 6.43 Å². The van der Waals surface area contributed by atoms with Gasteiger partial charge in [-0.1, -0.05) is 23.7 Å². The zero-order chi connectivity index (χ0) is 20.5. The van der Waals surface area contributed by atoms with E-state index >= 15 is 0 Å². The fourth-order valence-corrected chi connectivity index (χ4v) is 3.24. The van der Waals surface area contributed by atoms with Gasteiger partial charge in [-0.25, -0.2) is 13.2 Å². The lowest BCUT2D eigenvalue weighted by Crippen LogP contribution is -2.21. The Bertz CT molecular complexity index is 1030. The SMILES string of the molecule is O=C(Cn1nc(C(F)F)cc1C1CC1)Nc1nn(Cc2ccc(F)cc2)cc1Cl. The molecule has 10 heteroatoms. The molecule has 1 aromatic carbocycles. The minimum absolute atomic E-state index is 0.160. The van der Waals surface area contributed by atoms with Crippen LogP contribution in [0.4, 0.5) is 19.0 Å². The maximum absolute atomic E-state index is 13.0. The lowest BCUT2D eigenvalue weighted by molar-refractivity contribution is -0.117. The molecule has 1 fully saturated rings. The molecule has 0 saturated heterocycles. The topological polar surface area (TPSA) is 64.7 Å². The maximum Gasteiger partial charge on any atom is 0.282 e. The van der Waals surface area contributed by atoms with Crippen molar-refractivity contribution >= 4 is 23.3 Å². The molecule has 4 rings (SSSR count). The summed E-state index contributed by atoms with van der Waals surface area (Å²) in [5.41, 5.74) is 1.12. The van der Waals surface area contributed by atoms with E-state index < -0.39 is 12.3 Å². The average molecular weight is 424 g/mol. The predicted octanol–water partition coefficient (Wildman–Crippen LogP) is 4.37. The molecule has 1 amide bonds. The Balaban J connectivity index is 1.44. The number of nitrogens with zero attached hydrogens (tertiary/aromatic N) is 4. The summed E-state index contributed by atoms with van der Waals surface area (Å²) in [5.74, 6) is -0.474. The van der Waals surface area contributed by atoms with Crippen LogP contribution in [0.25, 0.3) is 0 Å². The summed E-state index contributed by atoms with van der Waals surface area (Å²) in [5, 5.41) is 10.9. The summed E-state index contributed by atoms with van der Waals surface area (Å²) in [7, 11) is 0. The number of alkyl halides is 2. The van der Waals surface area contributed by atoms with Gasteiger partial charge in [0.05, 0.1) is 6.54 Å². The van der Waals surface area contributed by atoms with Crippen LogP contribution in [-0.4, -0.2) is 25.5 Å². The van der Waals surface area contributed by atoms with Crippen molar-refractivity contribution in [3.05, 3.63) is 64.3 Å². The van der Waals surface area contributed by atoms with Crippen LogP contribution in [0.3, 0.4) is 0 Å². The van der Waals surface area contributed by atoms with Crippen LogP contribution in [-0.2, 0) is 17.9 Å². The molecule has 1 saturated carbocycles. The number of rotatable bonds is 7. The van der Waals surface area contributed by atoms with E-state index in [0.717, 1.165) is 18.4 Å². The Morgan fingerprint density at radius 2 is 1.97 bits per heavy atom. The van der Waals surface area contributed by atoms with E-state index in [-0.39, 0.29) is 34.8 Å². The first-order valence-electron chi connectivity index (χ1n) is 9.02. The number of nitrogens with one attached hydrogen (secondary N) is 1. The Kier molecular flexibility index (Phi) is 5.31. The minimum Gasteiger partial charge on any atom is -0.306 e. The monoisotopic (exact) mass is 423 g/mol. The lowest BCUT2D eigenvalue weighted by atomic mass is 10.2. The average Bonchev–Trinajstić information content (AvgIpc) is 3.34. The van der Waals surface area contributed by atoms with Crippen molar-refractivity contribution in [2.75, 3.05) is 5.32 Å². The number of hydrogen-bond donors (Lipinski definition) is 1. The molecule has 2 heterocycles. The van der Waals surface area contributed by atoms with Gasteiger partial charge in [-0.3, -0.25) is 14.2 Å². The van der Waals surface area contributed by atoms with Crippen LogP contribution >= 0.6 is 11.6 Å². The van der Waals surface area contributed by atoms with Crippen LogP contribution in [0.15, 0.2) is 36.5 Å². The molecule has 0 unspecified atom stereocenters. The number of halogens is 4. The van der Waals surface area contributed by atoms with Crippen LogP contribution in [0, 0.1) is 5.82 Å². The minimum atomic E-state index is -2.69. The van der Waals surface area contributed by atoms with Crippen LogP contribution in [0.1, 0.15) is 42.1 Å². The first-order chi connectivity index (χ1) is 13.9. The van der Waals surface area contributed by atoms with E-state index in [1.54, 1.807) is 18.3 Å². The second kappa shape index (κ2) is 7.90. The molecule has 0 atom stereocenters. The standard InChI is InChI=1S/C19H17ClF3N5O/c20-14-9-27(8-11-1-5-13(21)6-2-11)26-19(14)24-17(29)10-28-16(12-3-4-12)7-15(25-28)18(22)23/h1-2,5-7,9,12,18H,3-4,8,10H2,(H,24,26,29). The van der Waals surface area contributed by atoms with E-state index in [1.807, 2.05) is 0 Å². The van der Waals surface area contributed by atoms with Crippen molar-refractivity contribution in [1.29, 1.82) is 0 Å². The summed E-state index contributed by atoms with van der Waals surface area (Å²) >= 11 is 6.14. The van der Waals surface area contributed by atoms with Crippen molar-refractivity contribution in [2.24, 2.45) is 0 Å². The highest BCUT2D eigenvalue weighted by atomic mass is 35.5. The first kappa shape index (κ1) is 19.5. The number of aromatic nitrogens is 4. The molecule has 3 aromatic rings. The van der Waals surface area contributed by atoms with E-state index in [1.165, 1.54) is 27.6 Å². The molecule has 1 aliphatic rings. The predicted molar refractivity (Wildman–Crippen MR) is 101 cm³/mol. The number of benzene rings is 1. The Morgan fingerprint density at radius 3 is 2.62 bits per heavy atom. The molecule has 1 aliphatic carbocycles. The molecular formula is C19H17ClF3N5O. The van der Waals surface area contributed by atoms with Gasteiger partial charge in [0.15, 0.2) is 5.82 Å². The Labute approximate surface area is 169 Å². The second-order valence-electron chi connectivity index (χ2n) is 6.92. The van der Waals surface area contributed by atoms with Crippen molar-refractivity contribution in [3.63, 3.8) is 0 Å². The molecule has 0 aliphatic heterocycles. The van der Waals surface area contributed by atoms with Gasteiger partial charge < -0.3 is 5.32 Å². The van der Waals surface area contributed by atoms with Gasteiger partial charge in [-0.05, 0) is 36.6 Å². The van der Waals surface area contributed by atoms with Crippen LogP contribution in [0.2, 0.25) is 5.02 Å². The first-order valence-corrected chi connectivity index (χ1v) is 9.40. The van der Waals surface area contributed by atoms with E-state index in [9.17, 15) is 18.0 Å². The fourth-order valence-electron chi connectivity index (χ4n) is 3.04. The molecule has 0 radical (unpaired) electrons. The molecule has 1 N–H and O–H groups in total. The second-order valence-corrected chi connectivity index (χ2v) is 7.33. The molecular weight excluding hydrogens is 407 g/mol. The molecule has 6 nitrogen and oxygen atoms in total. The van der Waals surface area contributed by atoms with Gasteiger partial charge >= 0.3 is 0 Å². The number of carbonyl (C=O) groups excluding carboxylic acids is 1. The fraction of sp³-hybridized carbons (Fsp3) is 0.316. The molecule has 152 valence electrons. The third kappa shape index (κ3) is 4.61. The zero-order valence-electron chi connectivity index (χ0n) is 15.2. The van der Waals surface area contributed by atoms with Crippen molar-refractivity contribution in [1.82, 2.24) is 19.6 Å². The third-order valence-electron chi connectivity index (χ3n) is 4.58. The summed E-state index contributed by atoms with van der Waals surface area (Å²) in [6.07, 6.45) is 0.651. The lowest BCUT2D eigenvalue weighted by Gasteiger charge is -2.07. The van der Waals surface area contributed by atoms with Crippen molar-refractivity contribution in [3.8, 4) is 0 Å². The number of hydrogen-bond acceptors (Lipinski definition) is 3. The molecule has 2 aromatic heterocycles. The highest BCUT2D eigenvalue weighted by Gasteiger charge is 2.30. The highest BCUT2D eigenvalue weighted by molar-refractivity contribution is 6.33. The summed E-state index contributed by atoms with van der Waals surface area (Å²) in [4.78, 5) is 12.4. The molecule has 29 heavy (non-hydrogen) atoms. The number of anilines is 1. The quantitative estimate of drug-likeness (QED) is 0.613. The highest BCUT2D eigenvalue weighted by Crippen LogP contribution is 2.41. The molecule has 0 bridgehead atoms. The molecule has 0 spiro atoms. The van der Waals surface area contributed by atoms with Gasteiger partial charge in [-0.15, -0.1) is 0 Å². The van der Waals surface area contributed by atoms with E-state index in [2.05, 4.69) is 15.5 Å². The van der Waals surface area contributed by atoms with Gasteiger partial charge in [0, 0.05) is 17.8 Å². The summed E-state index contributed by atoms with van der Waals surface area (Å²) < 4.78 is 41.8. The Hall–Kier alpha value is -2.81. The number of amides is 1. The smallest absolute Gasteiger partial charge is 0.282 e. The summed E-state index contributed by atoms with van der Waals surface area (Å²) in [6.45, 7) is 0.137. The maximum atomic E-state index is 13.0. The van der Waals surface area contributed by atoms with E-state index in [4.69, 9.17) is 11.6 Å². The largest absolute Gasteiger partial charge is 0.306 e.